The largest absolute Gasteiger partial charge is 0.340 e. The molecule has 1 heterocycles. The molecule has 1 amide bonds. The molecular formula is C13H17BrN2O3S. The lowest BCUT2D eigenvalue weighted by molar-refractivity contribution is -0.129. The number of hydrogen-bond donors (Lipinski definition) is 0. The lowest BCUT2D eigenvalue weighted by Gasteiger charge is -2.33. The number of nitrogens with zero attached hydrogens (tertiary/aromatic N) is 2. The van der Waals surface area contributed by atoms with Crippen LogP contribution in [0.15, 0.2) is 27.6 Å². The number of carbonyl (C=O) groups excluding carboxylic acids is 1. The van der Waals surface area contributed by atoms with Crippen molar-refractivity contribution in [3.63, 3.8) is 0 Å². The molecule has 0 spiro atoms. The minimum atomic E-state index is -3.48. The van der Waals surface area contributed by atoms with E-state index in [1.54, 1.807) is 30.0 Å². The van der Waals surface area contributed by atoms with Crippen LogP contribution in [0.25, 0.3) is 0 Å². The number of sulfonamides is 1. The minimum Gasteiger partial charge on any atom is -0.340 e. The number of halogens is 1. The van der Waals surface area contributed by atoms with E-state index in [-0.39, 0.29) is 5.91 Å². The zero-order valence-electron chi connectivity index (χ0n) is 11.5. The smallest absolute Gasteiger partial charge is 0.243 e. The van der Waals surface area contributed by atoms with Crippen LogP contribution in [0.5, 0.6) is 0 Å². The van der Waals surface area contributed by atoms with E-state index in [0.717, 1.165) is 4.47 Å². The van der Waals surface area contributed by atoms with Gasteiger partial charge in [-0.15, -0.1) is 0 Å². The Labute approximate surface area is 127 Å². The zero-order valence-corrected chi connectivity index (χ0v) is 13.9. The van der Waals surface area contributed by atoms with Crippen molar-refractivity contribution < 1.29 is 13.2 Å². The van der Waals surface area contributed by atoms with Gasteiger partial charge < -0.3 is 4.90 Å². The summed E-state index contributed by atoms with van der Waals surface area (Å²) >= 11 is 3.33. The summed E-state index contributed by atoms with van der Waals surface area (Å²) in [5.74, 6) is -0.0122. The van der Waals surface area contributed by atoms with Crippen molar-refractivity contribution >= 4 is 31.9 Å². The van der Waals surface area contributed by atoms with Crippen molar-refractivity contribution in [1.29, 1.82) is 0 Å². The Bertz CT molecular complexity index is 623. The molecule has 1 fully saturated rings. The minimum absolute atomic E-state index is 0.0122. The molecule has 0 saturated carbocycles. The van der Waals surface area contributed by atoms with Crippen LogP contribution in [0.1, 0.15) is 12.5 Å². The number of amides is 1. The maximum Gasteiger partial charge on any atom is 0.243 e. The molecular weight excluding hydrogens is 344 g/mol. The van der Waals surface area contributed by atoms with Gasteiger partial charge in [0.15, 0.2) is 0 Å². The summed E-state index contributed by atoms with van der Waals surface area (Å²) in [5, 5.41) is 0. The van der Waals surface area contributed by atoms with E-state index in [1.807, 2.05) is 0 Å². The molecule has 1 aliphatic rings. The number of hydrogen-bond acceptors (Lipinski definition) is 3. The molecule has 7 heteroatoms. The maximum atomic E-state index is 12.6. The third-order valence-electron chi connectivity index (χ3n) is 3.44. The fraction of sp³-hybridized carbons (Fsp3) is 0.462. The zero-order chi connectivity index (χ0) is 14.9. The van der Waals surface area contributed by atoms with Crippen LogP contribution in [0.4, 0.5) is 0 Å². The molecule has 2 rings (SSSR count). The highest BCUT2D eigenvalue weighted by atomic mass is 79.9. The molecule has 1 aliphatic heterocycles. The highest BCUT2D eigenvalue weighted by Crippen LogP contribution is 2.24. The Morgan fingerprint density at radius 3 is 2.30 bits per heavy atom. The average molecular weight is 361 g/mol. The van der Waals surface area contributed by atoms with E-state index in [4.69, 9.17) is 0 Å². The monoisotopic (exact) mass is 360 g/mol. The quantitative estimate of drug-likeness (QED) is 0.804. The predicted molar refractivity (Wildman–Crippen MR) is 79.9 cm³/mol. The molecule has 1 aromatic rings. The van der Waals surface area contributed by atoms with Gasteiger partial charge >= 0.3 is 0 Å². The molecule has 1 aromatic carbocycles. The summed E-state index contributed by atoms with van der Waals surface area (Å²) in [5.41, 5.74) is 0.716. The van der Waals surface area contributed by atoms with E-state index in [2.05, 4.69) is 15.9 Å². The van der Waals surface area contributed by atoms with Gasteiger partial charge in [0.2, 0.25) is 15.9 Å². The second-order valence-electron chi connectivity index (χ2n) is 4.82. The number of aryl methyl sites for hydroxylation is 1. The van der Waals surface area contributed by atoms with E-state index in [9.17, 15) is 13.2 Å². The Balaban J connectivity index is 2.22. The van der Waals surface area contributed by atoms with Crippen molar-refractivity contribution in [2.24, 2.45) is 0 Å². The van der Waals surface area contributed by atoms with Gasteiger partial charge in [-0.3, -0.25) is 4.79 Å². The molecule has 0 radical (unpaired) electrons. The Morgan fingerprint density at radius 1 is 1.20 bits per heavy atom. The van der Waals surface area contributed by atoms with E-state index in [1.165, 1.54) is 11.2 Å². The molecule has 5 nitrogen and oxygen atoms in total. The van der Waals surface area contributed by atoms with Gasteiger partial charge in [0.25, 0.3) is 0 Å². The van der Waals surface area contributed by atoms with Crippen LogP contribution in [-0.2, 0) is 14.8 Å². The lowest BCUT2D eigenvalue weighted by atomic mass is 10.2. The van der Waals surface area contributed by atoms with Crippen molar-refractivity contribution in [3.05, 3.63) is 28.2 Å². The fourth-order valence-corrected chi connectivity index (χ4v) is 4.39. The van der Waals surface area contributed by atoms with Gasteiger partial charge in [-0.2, -0.15) is 4.31 Å². The first kappa shape index (κ1) is 15.5. The second-order valence-corrected chi connectivity index (χ2v) is 7.64. The van der Waals surface area contributed by atoms with E-state index >= 15 is 0 Å². The maximum absolute atomic E-state index is 12.6. The number of benzene rings is 1. The molecule has 20 heavy (non-hydrogen) atoms. The first-order valence-corrected chi connectivity index (χ1v) is 8.57. The molecule has 0 bridgehead atoms. The molecule has 0 atom stereocenters. The summed E-state index contributed by atoms with van der Waals surface area (Å²) < 4.78 is 27.5. The van der Waals surface area contributed by atoms with Crippen LogP contribution < -0.4 is 0 Å². The van der Waals surface area contributed by atoms with E-state index < -0.39 is 10.0 Å². The number of piperazine rings is 1. The second kappa shape index (κ2) is 5.83. The highest BCUT2D eigenvalue weighted by Gasteiger charge is 2.30. The highest BCUT2D eigenvalue weighted by molar-refractivity contribution is 9.10. The van der Waals surface area contributed by atoms with Crippen LogP contribution >= 0.6 is 15.9 Å². The van der Waals surface area contributed by atoms with Crippen LogP contribution in [-0.4, -0.2) is 49.7 Å². The number of rotatable bonds is 2. The molecule has 0 aromatic heterocycles. The SMILES string of the molecule is CC(=O)N1CCN(S(=O)(=O)c2ccc(Br)cc2C)CC1. The van der Waals surface area contributed by atoms with Crippen molar-refractivity contribution in [2.75, 3.05) is 26.2 Å². The first-order chi connectivity index (χ1) is 9.32. The van der Waals surface area contributed by atoms with E-state index in [0.29, 0.717) is 36.6 Å². The summed E-state index contributed by atoms with van der Waals surface area (Å²) in [4.78, 5) is 13.3. The fourth-order valence-electron chi connectivity index (χ4n) is 2.28. The molecule has 0 N–H and O–H groups in total. The normalized spacial score (nSPS) is 17.2. The summed E-state index contributed by atoms with van der Waals surface area (Å²) in [7, 11) is -3.48. The molecule has 110 valence electrons. The molecule has 0 aliphatic carbocycles. The van der Waals surface area contributed by atoms with Crippen LogP contribution in [0, 0.1) is 6.92 Å². The van der Waals surface area contributed by atoms with Crippen molar-refractivity contribution in [1.82, 2.24) is 9.21 Å². The van der Waals surface area contributed by atoms with Crippen LogP contribution in [0.2, 0.25) is 0 Å². The average Bonchev–Trinajstić information content (AvgIpc) is 2.38. The summed E-state index contributed by atoms with van der Waals surface area (Å²) in [6.45, 7) is 4.87. The first-order valence-electron chi connectivity index (χ1n) is 6.34. The predicted octanol–water partition coefficient (Wildman–Crippen LogP) is 1.61. The summed E-state index contributed by atoms with van der Waals surface area (Å²) in [6, 6.07) is 5.14. The molecule has 1 saturated heterocycles. The third kappa shape index (κ3) is 3.05. The van der Waals surface area contributed by atoms with Gasteiger partial charge in [-0.25, -0.2) is 8.42 Å². The standard InChI is InChI=1S/C13H17BrN2O3S/c1-10-9-12(14)3-4-13(10)20(18,19)16-7-5-15(6-8-16)11(2)17/h3-4,9H,5-8H2,1-2H3. The third-order valence-corrected chi connectivity index (χ3v) is 5.99. The Kier molecular flexibility index (Phi) is 4.51. The van der Waals surface area contributed by atoms with Gasteiger partial charge in [-0.1, -0.05) is 15.9 Å². The van der Waals surface area contributed by atoms with Gasteiger partial charge in [0.1, 0.15) is 0 Å². The van der Waals surface area contributed by atoms with Crippen molar-refractivity contribution in [3.8, 4) is 0 Å². The lowest BCUT2D eigenvalue weighted by Crippen LogP contribution is -2.50. The van der Waals surface area contributed by atoms with Gasteiger partial charge in [0, 0.05) is 37.6 Å². The molecule has 0 unspecified atom stereocenters. The van der Waals surface area contributed by atoms with Gasteiger partial charge in [-0.05, 0) is 30.7 Å². The van der Waals surface area contributed by atoms with Crippen LogP contribution in [0.3, 0.4) is 0 Å². The number of carbonyl (C=O) groups is 1. The Morgan fingerprint density at radius 2 is 1.80 bits per heavy atom. The summed E-state index contributed by atoms with van der Waals surface area (Å²) in [6.07, 6.45) is 0. The van der Waals surface area contributed by atoms with Crippen molar-refractivity contribution in [2.45, 2.75) is 18.7 Å². The topological polar surface area (TPSA) is 57.7 Å². The van der Waals surface area contributed by atoms with Gasteiger partial charge in [0.05, 0.1) is 4.90 Å². The Hall–Kier alpha value is -0.920.